The molecule has 0 fully saturated rings. The fourth-order valence-corrected chi connectivity index (χ4v) is 1.60. The first-order valence-electron chi connectivity index (χ1n) is 5.07. The minimum Gasteiger partial charge on any atom is -0.481 e. The van der Waals surface area contributed by atoms with Crippen molar-refractivity contribution >= 4 is 11.9 Å². The zero-order valence-electron chi connectivity index (χ0n) is 9.41. The summed E-state index contributed by atoms with van der Waals surface area (Å²) in [6, 6.07) is 4.71. The van der Waals surface area contributed by atoms with E-state index in [1.165, 1.54) is 6.07 Å². The topological polar surface area (TPSA) is 123 Å². The van der Waals surface area contributed by atoms with Gasteiger partial charge in [-0.05, 0) is 22.2 Å². The van der Waals surface area contributed by atoms with Crippen LogP contribution in [0.2, 0.25) is 0 Å². The predicted octanol–water partition coefficient (Wildman–Crippen LogP) is 1.75. The van der Waals surface area contributed by atoms with Gasteiger partial charge in [0.25, 0.3) is 0 Å². The highest BCUT2D eigenvalue weighted by Crippen LogP contribution is 2.13. The van der Waals surface area contributed by atoms with Crippen LogP contribution in [0.1, 0.15) is 16.7 Å². The van der Waals surface area contributed by atoms with Gasteiger partial charge in [-0.25, -0.2) is 0 Å². The predicted molar refractivity (Wildman–Crippen MR) is 62.0 cm³/mol. The van der Waals surface area contributed by atoms with Crippen molar-refractivity contribution in [3.63, 3.8) is 0 Å². The second-order valence-corrected chi connectivity index (χ2v) is 3.69. The van der Waals surface area contributed by atoms with Gasteiger partial charge in [-0.15, -0.1) is 0 Å². The molecule has 0 aliphatic heterocycles. The molecule has 18 heavy (non-hydrogen) atoms. The molecule has 7 nitrogen and oxygen atoms in total. The zero-order valence-corrected chi connectivity index (χ0v) is 9.41. The van der Waals surface area contributed by atoms with E-state index in [9.17, 15) is 9.59 Å². The molecule has 0 atom stereocenters. The van der Waals surface area contributed by atoms with Crippen LogP contribution in [0.25, 0.3) is 10.4 Å². The maximum Gasteiger partial charge on any atom is 0.307 e. The molecule has 94 valence electrons. The molecule has 0 aromatic heterocycles. The van der Waals surface area contributed by atoms with E-state index < -0.39 is 11.9 Å². The summed E-state index contributed by atoms with van der Waals surface area (Å²) in [6.07, 6.45) is -0.395. The molecular formula is C11H11N3O4. The maximum absolute atomic E-state index is 10.6. The standard InChI is InChI=1S/C11H11N3O4/c12-14-13-6-9-2-7(4-10(15)16)1-8(3-9)5-11(17)18/h1-3H,4-6H2,(H,15,16)(H,17,18). The molecule has 2 N–H and O–H groups in total. The van der Waals surface area contributed by atoms with Gasteiger partial charge in [-0.3, -0.25) is 9.59 Å². The summed E-state index contributed by atoms with van der Waals surface area (Å²) in [5, 5.41) is 20.8. The molecule has 0 bridgehead atoms. The number of hydrogen-bond acceptors (Lipinski definition) is 3. The van der Waals surface area contributed by atoms with E-state index in [-0.39, 0.29) is 19.4 Å². The summed E-state index contributed by atoms with van der Waals surface area (Å²) in [7, 11) is 0. The molecule has 0 saturated heterocycles. The van der Waals surface area contributed by atoms with Gasteiger partial charge in [0, 0.05) is 4.91 Å². The molecule has 0 aliphatic rings. The molecule has 1 aromatic rings. The van der Waals surface area contributed by atoms with Crippen LogP contribution in [0.5, 0.6) is 0 Å². The number of azide groups is 1. The maximum atomic E-state index is 10.6. The number of carboxylic acids is 2. The van der Waals surface area contributed by atoms with Crippen molar-refractivity contribution in [2.75, 3.05) is 0 Å². The second kappa shape index (κ2) is 6.27. The number of nitrogens with zero attached hydrogens (tertiary/aromatic N) is 3. The SMILES string of the molecule is [N-]=[N+]=NCc1cc(CC(=O)O)cc(CC(=O)O)c1. The molecule has 0 amide bonds. The third-order valence-electron chi connectivity index (χ3n) is 2.14. The van der Waals surface area contributed by atoms with Gasteiger partial charge in [0.1, 0.15) is 0 Å². The van der Waals surface area contributed by atoms with Crippen molar-refractivity contribution < 1.29 is 19.8 Å². The number of rotatable bonds is 6. The summed E-state index contributed by atoms with van der Waals surface area (Å²) in [5.74, 6) is -2.01. The zero-order chi connectivity index (χ0) is 13.5. The van der Waals surface area contributed by atoms with Gasteiger partial charge in [-0.1, -0.05) is 23.3 Å². The van der Waals surface area contributed by atoms with Crippen LogP contribution in [0, 0.1) is 0 Å². The van der Waals surface area contributed by atoms with E-state index in [0.717, 1.165) is 0 Å². The van der Waals surface area contributed by atoms with Gasteiger partial charge in [0.15, 0.2) is 0 Å². The van der Waals surface area contributed by atoms with E-state index in [2.05, 4.69) is 10.0 Å². The van der Waals surface area contributed by atoms with Crippen molar-refractivity contribution in [2.24, 2.45) is 5.11 Å². The van der Waals surface area contributed by atoms with Crippen LogP contribution >= 0.6 is 0 Å². The highest BCUT2D eigenvalue weighted by atomic mass is 16.4. The minimum atomic E-state index is -1.00. The lowest BCUT2D eigenvalue weighted by Gasteiger charge is -2.05. The highest BCUT2D eigenvalue weighted by Gasteiger charge is 2.07. The molecule has 0 saturated carbocycles. The second-order valence-electron chi connectivity index (χ2n) is 3.69. The lowest BCUT2D eigenvalue weighted by atomic mass is 10.0. The highest BCUT2D eigenvalue weighted by molar-refractivity contribution is 5.72. The number of aliphatic carboxylic acids is 2. The smallest absolute Gasteiger partial charge is 0.307 e. The molecule has 0 unspecified atom stereocenters. The first kappa shape index (κ1) is 13.5. The van der Waals surface area contributed by atoms with Crippen molar-refractivity contribution in [3.05, 3.63) is 45.3 Å². The summed E-state index contributed by atoms with van der Waals surface area (Å²) < 4.78 is 0. The van der Waals surface area contributed by atoms with Crippen LogP contribution < -0.4 is 0 Å². The molecular weight excluding hydrogens is 238 g/mol. The Morgan fingerprint density at radius 3 is 1.89 bits per heavy atom. The third-order valence-corrected chi connectivity index (χ3v) is 2.14. The Bertz CT molecular complexity index is 454. The molecule has 0 aliphatic carbocycles. The molecule has 0 heterocycles. The van der Waals surface area contributed by atoms with Crippen LogP contribution in [0.3, 0.4) is 0 Å². The van der Waals surface area contributed by atoms with Gasteiger partial charge < -0.3 is 10.2 Å². The molecule has 1 aromatic carbocycles. The normalized spacial score (nSPS) is 9.56. The molecule has 7 heteroatoms. The Kier molecular flexibility index (Phi) is 4.71. The first-order chi connectivity index (χ1) is 8.51. The van der Waals surface area contributed by atoms with Crippen LogP contribution in [0.4, 0.5) is 0 Å². The average molecular weight is 249 g/mol. The van der Waals surface area contributed by atoms with Gasteiger partial charge in [0.05, 0.1) is 19.4 Å². The number of carboxylic acid groups (broad SMARTS) is 2. The lowest BCUT2D eigenvalue weighted by molar-refractivity contribution is -0.137. The van der Waals surface area contributed by atoms with Crippen LogP contribution in [-0.4, -0.2) is 22.2 Å². The van der Waals surface area contributed by atoms with Gasteiger partial charge >= 0.3 is 11.9 Å². The van der Waals surface area contributed by atoms with E-state index in [0.29, 0.717) is 16.7 Å². The Labute approximate surface area is 102 Å². The Morgan fingerprint density at radius 1 is 1.06 bits per heavy atom. The van der Waals surface area contributed by atoms with Crippen molar-refractivity contribution in [1.82, 2.24) is 0 Å². The largest absolute Gasteiger partial charge is 0.481 e. The van der Waals surface area contributed by atoms with Gasteiger partial charge in [-0.2, -0.15) is 0 Å². The fraction of sp³-hybridized carbons (Fsp3) is 0.273. The Morgan fingerprint density at radius 2 is 1.50 bits per heavy atom. The summed E-state index contributed by atoms with van der Waals surface area (Å²) in [4.78, 5) is 23.9. The van der Waals surface area contributed by atoms with Crippen molar-refractivity contribution in [1.29, 1.82) is 0 Å². The minimum absolute atomic E-state index is 0.0660. The molecule has 0 radical (unpaired) electrons. The number of hydrogen-bond donors (Lipinski definition) is 2. The number of carbonyl (C=O) groups is 2. The van der Waals surface area contributed by atoms with Crippen molar-refractivity contribution in [2.45, 2.75) is 19.4 Å². The van der Waals surface area contributed by atoms with Crippen LogP contribution in [-0.2, 0) is 29.0 Å². The first-order valence-corrected chi connectivity index (χ1v) is 5.07. The van der Waals surface area contributed by atoms with Crippen molar-refractivity contribution in [3.8, 4) is 0 Å². The fourth-order valence-electron chi connectivity index (χ4n) is 1.60. The quantitative estimate of drug-likeness (QED) is 0.452. The number of benzene rings is 1. The molecule has 0 spiro atoms. The molecule has 1 rings (SSSR count). The summed E-state index contributed by atoms with van der Waals surface area (Å²) in [5.41, 5.74) is 9.81. The third kappa shape index (κ3) is 4.54. The van der Waals surface area contributed by atoms with Gasteiger partial charge in [0.2, 0.25) is 0 Å². The Balaban J connectivity index is 3.05. The van der Waals surface area contributed by atoms with E-state index >= 15 is 0 Å². The van der Waals surface area contributed by atoms with E-state index in [4.69, 9.17) is 15.7 Å². The lowest BCUT2D eigenvalue weighted by Crippen LogP contribution is -2.05. The average Bonchev–Trinajstić information content (AvgIpc) is 2.24. The Hall–Kier alpha value is -2.53. The summed E-state index contributed by atoms with van der Waals surface area (Å²) >= 11 is 0. The van der Waals surface area contributed by atoms with Crippen LogP contribution in [0.15, 0.2) is 23.3 Å². The summed E-state index contributed by atoms with van der Waals surface area (Å²) in [6.45, 7) is 0.0660. The van der Waals surface area contributed by atoms with E-state index in [1.807, 2.05) is 0 Å². The monoisotopic (exact) mass is 249 g/mol. The van der Waals surface area contributed by atoms with E-state index in [1.54, 1.807) is 12.1 Å².